The highest BCUT2D eigenvalue weighted by Gasteiger charge is 2.29. The second-order valence-corrected chi connectivity index (χ2v) is 10.2. The van der Waals surface area contributed by atoms with Gasteiger partial charge in [-0.25, -0.2) is 4.39 Å². The number of hydrogen-bond donors (Lipinski definition) is 0. The summed E-state index contributed by atoms with van der Waals surface area (Å²) in [7, 11) is 0. The monoisotopic (exact) mass is 486 g/mol. The molecule has 0 amide bonds. The molecule has 2 fully saturated rings. The molecule has 1 saturated heterocycles. The molecule has 1 aliphatic heterocycles. The van der Waals surface area contributed by atoms with Crippen LogP contribution in [0.25, 0.3) is 0 Å². The van der Waals surface area contributed by atoms with Crippen LogP contribution < -0.4 is 4.74 Å². The normalized spacial score (nSPS) is 24.9. The van der Waals surface area contributed by atoms with Gasteiger partial charge < -0.3 is 14.2 Å². The van der Waals surface area contributed by atoms with Crippen LogP contribution in [0.2, 0.25) is 0 Å². The van der Waals surface area contributed by atoms with E-state index in [1.807, 2.05) is 0 Å². The summed E-state index contributed by atoms with van der Waals surface area (Å²) in [6.07, 6.45) is 9.85. The highest BCUT2D eigenvalue weighted by Crippen LogP contribution is 2.38. The Bertz CT molecular complexity index is 914. The molecule has 0 atom stereocenters. The molecular weight excluding hydrogens is 446 g/mol. The van der Waals surface area contributed by atoms with Crippen LogP contribution in [-0.4, -0.2) is 19.8 Å². The van der Waals surface area contributed by atoms with E-state index in [-0.39, 0.29) is 17.2 Å². The van der Waals surface area contributed by atoms with Crippen molar-refractivity contribution in [1.29, 1.82) is 0 Å². The fraction of sp³-hybridized carbons (Fsp3) is 0.600. The predicted octanol–water partition coefficient (Wildman–Crippen LogP) is 8.44. The molecule has 0 unspecified atom stereocenters. The average Bonchev–Trinajstić information content (AvgIpc) is 2.90. The average molecular weight is 487 g/mol. The first-order valence-corrected chi connectivity index (χ1v) is 13.5. The molecule has 0 N–H and O–H groups in total. The first-order chi connectivity index (χ1) is 17.1. The lowest BCUT2D eigenvalue weighted by molar-refractivity contribution is -0.193. The zero-order valence-electron chi connectivity index (χ0n) is 21.2. The summed E-state index contributed by atoms with van der Waals surface area (Å²) in [6.45, 7) is 5.55. The summed E-state index contributed by atoms with van der Waals surface area (Å²) in [5.41, 5.74) is 2.67. The van der Waals surface area contributed by atoms with Gasteiger partial charge in [0.15, 0.2) is 17.9 Å². The molecule has 2 aromatic rings. The maximum absolute atomic E-state index is 14.7. The van der Waals surface area contributed by atoms with E-state index in [0.717, 1.165) is 30.7 Å². The van der Waals surface area contributed by atoms with Gasteiger partial charge in [-0.3, -0.25) is 0 Å². The third-order valence-corrected chi connectivity index (χ3v) is 7.66. The van der Waals surface area contributed by atoms with E-state index in [1.165, 1.54) is 56.2 Å². The summed E-state index contributed by atoms with van der Waals surface area (Å²) in [5.74, 6) is -0.346. The molecule has 2 aromatic carbocycles. The van der Waals surface area contributed by atoms with E-state index in [2.05, 4.69) is 38.1 Å². The van der Waals surface area contributed by atoms with Crippen molar-refractivity contribution in [3.8, 4) is 5.75 Å². The van der Waals surface area contributed by atoms with Crippen molar-refractivity contribution in [3.63, 3.8) is 0 Å². The smallest absolute Gasteiger partial charge is 0.201 e. The third kappa shape index (κ3) is 6.62. The lowest BCUT2D eigenvalue weighted by Crippen LogP contribution is -2.26. The maximum atomic E-state index is 14.7. The molecule has 2 aliphatic rings. The van der Waals surface area contributed by atoms with Gasteiger partial charge in [-0.15, -0.1) is 0 Å². The summed E-state index contributed by atoms with van der Waals surface area (Å²) in [5, 5.41) is 0. The molecule has 0 aromatic heterocycles. The fourth-order valence-electron chi connectivity index (χ4n) is 5.48. The molecule has 0 spiro atoms. The minimum atomic E-state index is -0.979. The van der Waals surface area contributed by atoms with Gasteiger partial charge in [0, 0.05) is 11.5 Å². The molecule has 3 nitrogen and oxygen atoms in total. The Labute approximate surface area is 209 Å². The van der Waals surface area contributed by atoms with Crippen molar-refractivity contribution >= 4 is 0 Å². The third-order valence-electron chi connectivity index (χ3n) is 7.66. The quantitative estimate of drug-likeness (QED) is 0.315. The molecule has 192 valence electrons. The van der Waals surface area contributed by atoms with Crippen LogP contribution in [0.4, 0.5) is 8.78 Å². The van der Waals surface area contributed by atoms with Crippen molar-refractivity contribution < 1.29 is 23.0 Å². The van der Waals surface area contributed by atoms with Crippen LogP contribution in [0, 0.1) is 17.6 Å². The molecular formula is C30H40F2O3. The first kappa shape index (κ1) is 26.1. The number of ether oxygens (including phenoxy) is 3. The summed E-state index contributed by atoms with van der Waals surface area (Å²) in [4.78, 5) is 0. The standard InChI is InChI=1S/C30H40F2O3/c1-3-5-6-18-33-27-17-16-26(28(31)29(27)32)30-34-19-25(20-35-30)24-14-12-23(13-15-24)22-10-8-21(7-4-2)9-11-22/h12-17,21-22,25,30H,3-11,18-20H2,1-2H3. The second kappa shape index (κ2) is 12.8. The van der Waals surface area contributed by atoms with Gasteiger partial charge in [0.1, 0.15) is 0 Å². The van der Waals surface area contributed by atoms with Crippen molar-refractivity contribution in [3.05, 3.63) is 64.7 Å². The van der Waals surface area contributed by atoms with E-state index in [9.17, 15) is 8.78 Å². The predicted molar refractivity (Wildman–Crippen MR) is 135 cm³/mol. The largest absolute Gasteiger partial charge is 0.490 e. The molecule has 1 saturated carbocycles. The number of halogens is 2. The van der Waals surface area contributed by atoms with Gasteiger partial charge in [-0.1, -0.05) is 63.8 Å². The zero-order valence-corrected chi connectivity index (χ0v) is 21.2. The van der Waals surface area contributed by atoms with Crippen LogP contribution >= 0.6 is 0 Å². The van der Waals surface area contributed by atoms with E-state index in [4.69, 9.17) is 14.2 Å². The van der Waals surface area contributed by atoms with Gasteiger partial charge in [0.25, 0.3) is 0 Å². The topological polar surface area (TPSA) is 27.7 Å². The van der Waals surface area contributed by atoms with E-state index in [1.54, 1.807) is 0 Å². The highest BCUT2D eigenvalue weighted by atomic mass is 19.2. The number of hydrogen-bond acceptors (Lipinski definition) is 3. The SMILES string of the molecule is CCCCCOc1ccc(C2OCC(c3ccc(C4CCC(CCC)CC4)cc3)CO2)c(F)c1F. The van der Waals surface area contributed by atoms with E-state index < -0.39 is 17.9 Å². The van der Waals surface area contributed by atoms with Crippen molar-refractivity contribution in [1.82, 2.24) is 0 Å². The minimum Gasteiger partial charge on any atom is -0.490 e. The van der Waals surface area contributed by atoms with Gasteiger partial charge in [0.2, 0.25) is 5.82 Å². The van der Waals surface area contributed by atoms with Crippen LogP contribution in [0.3, 0.4) is 0 Å². The van der Waals surface area contributed by atoms with E-state index >= 15 is 0 Å². The van der Waals surface area contributed by atoms with Gasteiger partial charge >= 0.3 is 0 Å². The molecule has 1 heterocycles. The second-order valence-electron chi connectivity index (χ2n) is 10.2. The molecule has 0 bridgehead atoms. The first-order valence-electron chi connectivity index (χ1n) is 13.5. The molecule has 1 aliphatic carbocycles. The van der Waals surface area contributed by atoms with Gasteiger partial charge in [0.05, 0.1) is 19.8 Å². The van der Waals surface area contributed by atoms with Crippen LogP contribution in [0.1, 0.15) is 106 Å². The number of benzene rings is 2. The van der Waals surface area contributed by atoms with Crippen LogP contribution in [0.5, 0.6) is 5.75 Å². The Hall–Kier alpha value is -1.98. The van der Waals surface area contributed by atoms with E-state index in [0.29, 0.717) is 25.7 Å². The summed E-state index contributed by atoms with van der Waals surface area (Å²) < 4.78 is 46.3. The maximum Gasteiger partial charge on any atom is 0.201 e. The Morgan fingerprint density at radius 2 is 1.43 bits per heavy atom. The van der Waals surface area contributed by atoms with Gasteiger partial charge in [-0.05, 0) is 67.2 Å². The molecule has 35 heavy (non-hydrogen) atoms. The Morgan fingerprint density at radius 3 is 2.06 bits per heavy atom. The Morgan fingerprint density at radius 1 is 0.771 bits per heavy atom. The lowest BCUT2D eigenvalue weighted by Gasteiger charge is -2.31. The lowest BCUT2D eigenvalue weighted by atomic mass is 9.77. The van der Waals surface area contributed by atoms with Crippen LogP contribution in [0.15, 0.2) is 36.4 Å². The van der Waals surface area contributed by atoms with Gasteiger partial charge in [-0.2, -0.15) is 4.39 Å². The Kier molecular flexibility index (Phi) is 9.56. The summed E-state index contributed by atoms with van der Waals surface area (Å²) >= 11 is 0. The van der Waals surface area contributed by atoms with Crippen molar-refractivity contribution in [2.75, 3.05) is 19.8 Å². The van der Waals surface area contributed by atoms with Crippen molar-refractivity contribution in [2.45, 2.75) is 89.8 Å². The fourth-order valence-corrected chi connectivity index (χ4v) is 5.48. The number of rotatable bonds is 10. The molecule has 0 radical (unpaired) electrons. The van der Waals surface area contributed by atoms with Crippen molar-refractivity contribution in [2.24, 2.45) is 5.92 Å². The zero-order chi connectivity index (χ0) is 24.6. The molecule has 4 rings (SSSR count). The highest BCUT2D eigenvalue weighted by molar-refractivity contribution is 5.32. The van der Waals surface area contributed by atoms with Crippen LogP contribution in [-0.2, 0) is 9.47 Å². The number of unbranched alkanes of at least 4 members (excludes halogenated alkanes) is 2. The minimum absolute atomic E-state index is 0.0602. The Balaban J connectivity index is 1.30. The molecule has 5 heteroatoms. The summed E-state index contributed by atoms with van der Waals surface area (Å²) in [6, 6.07) is 11.8.